The fourth-order valence-electron chi connectivity index (χ4n) is 12.0. The van der Waals surface area contributed by atoms with Gasteiger partial charge in [0.25, 0.3) is 0 Å². The standard InChI is InChI=1S/C27H39N3OSi2.C27H35N3OSi2.2CH3.5ClH.2Cr.4FH.Li.4H2/c2*1-32(2,3)31-23-16-17-26(22-23)33(24-12-6-4-7-13-24,25-14-8-5-9-15-25)30-21-11-20-29-19-10-18-28-27(29)30;;;;;;;;;;;;;;;;;;/h4-9,12-15,23,26H,10-11,16-22H2,1-3H3;4-9,12-17,22,26H,10-11,18-21H2,1-3H3;2*1H3;5*1H;;;4*1H;;4*1H/q;;2*-1;;;;;;+2;+6;;;;;+1;;;;/p-8/i;;;;;;;;;;;;;;;;4*1+2. The molecule has 3 atom stereocenters. The molecular formula is C56H89Cl5Cr2F4LiN6O2Si4-. The molecule has 0 radical (unpaired) electrons. The van der Waals surface area contributed by atoms with Crippen LogP contribution in [-0.4, -0.2) is 122 Å². The summed E-state index contributed by atoms with van der Waals surface area (Å²) in [5, 5.41) is 5.94. The summed E-state index contributed by atoms with van der Waals surface area (Å²) >= 11 is -0.181. The molecule has 0 amide bonds. The van der Waals surface area contributed by atoms with Gasteiger partial charge in [0.05, 0.1) is 5.76 Å². The maximum Gasteiger partial charge on any atom is 1.00 e. The quantitative estimate of drug-likeness (QED) is 0.0800. The smallest absolute Gasteiger partial charge is 1.00 e. The summed E-state index contributed by atoms with van der Waals surface area (Å²) in [4.78, 5) is 15.4. The van der Waals surface area contributed by atoms with Gasteiger partial charge in [0, 0.05) is 69.7 Å². The summed E-state index contributed by atoms with van der Waals surface area (Å²) in [6, 6.07) is 45.4. The van der Waals surface area contributed by atoms with Crippen LogP contribution in [0.3, 0.4) is 0 Å². The molecule has 6 aliphatic rings. The maximum absolute atomic E-state index is 11.2. The van der Waals surface area contributed by atoms with Crippen LogP contribution < -0.4 is 39.6 Å². The zero-order chi connectivity index (χ0) is 54.9. The zero-order valence-corrected chi connectivity index (χ0v) is 58.2. The van der Waals surface area contributed by atoms with Gasteiger partial charge in [-0.25, -0.2) is 0 Å². The molecule has 0 spiro atoms. The van der Waals surface area contributed by atoms with Crippen molar-refractivity contribution in [3.05, 3.63) is 160 Å². The summed E-state index contributed by atoms with van der Waals surface area (Å²) in [7, 11) is 4.72. The largest absolute Gasteiger partial charge is 1.00 e. The summed E-state index contributed by atoms with van der Waals surface area (Å²) < 4.78 is 52.3. The van der Waals surface area contributed by atoms with Gasteiger partial charge in [-0.1, -0.05) is 127 Å². The first kappa shape index (κ1) is 72.6. The predicted molar refractivity (Wildman–Crippen MR) is 343 cm³/mol. The van der Waals surface area contributed by atoms with Gasteiger partial charge in [-0.3, -0.25) is 14.7 Å². The molecule has 1 saturated carbocycles. The van der Waals surface area contributed by atoms with Crippen LogP contribution in [0.2, 0.25) is 50.4 Å². The van der Waals surface area contributed by atoms with Crippen LogP contribution in [0.1, 0.15) is 50.7 Å². The second-order valence-electron chi connectivity index (χ2n) is 22.0. The van der Waals surface area contributed by atoms with E-state index in [1.807, 2.05) is 0 Å². The van der Waals surface area contributed by atoms with E-state index in [4.69, 9.17) is 38.9 Å². The van der Waals surface area contributed by atoms with Gasteiger partial charge in [-0.15, -0.1) is 0 Å². The first-order valence-electron chi connectivity index (χ1n) is 26.3. The molecule has 0 bridgehead atoms. The molecule has 3 fully saturated rings. The Hall–Kier alpha value is -1.64. The van der Waals surface area contributed by atoms with Crippen molar-refractivity contribution in [2.75, 3.05) is 52.4 Å². The number of guanidine groups is 2. The average Bonchev–Trinajstić information content (AvgIpc) is 4.13. The normalized spacial score (nSPS) is 20.7. The number of benzene rings is 4. The summed E-state index contributed by atoms with van der Waals surface area (Å²) in [6.45, 7) is 22.3. The summed E-state index contributed by atoms with van der Waals surface area (Å²) in [5.41, 5.74) is 0.895. The van der Waals surface area contributed by atoms with E-state index in [0.29, 0.717) is 11.6 Å². The first-order valence-corrected chi connectivity index (χ1v) is 47.4. The van der Waals surface area contributed by atoms with Crippen molar-refractivity contribution in [2.24, 2.45) is 9.98 Å². The monoisotopic (exact) mass is 1360 g/mol. The Morgan fingerprint density at radius 3 is 1.31 bits per heavy atom. The van der Waals surface area contributed by atoms with E-state index in [1.54, 1.807) is 0 Å². The van der Waals surface area contributed by atoms with E-state index >= 15 is 0 Å². The van der Waals surface area contributed by atoms with E-state index in [2.05, 4.69) is 228 Å². The molecule has 0 aromatic heterocycles. The molecule has 4 aliphatic heterocycles. The molecule has 2 saturated heterocycles. The Bertz CT molecular complexity index is 2590. The van der Waals surface area contributed by atoms with Gasteiger partial charge < -0.3 is 42.6 Å². The minimum absolute atomic E-state index is 0. The van der Waals surface area contributed by atoms with E-state index in [-0.39, 0.29) is 63.0 Å². The molecule has 10 rings (SSSR count). The van der Waals surface area contributed by atoms with Gasteiger partial charge >= 0.3 is 103 Å². The Morgan fingerprint density at radius 1 is 0.575 bits per heavy atom. The van der Waals surface area contributed by atoms with Gasteiger partial charge in [0.1, 0.15) is 0 Å². The van der Waals surface area contributed by atoms with Gasteiger partial charge in [-0.2, -0.15) is 0 Å². The van der Waals surface area contributed by atoms with Crippen LogP contribution in [0.15, 0.2) is 155 Å². The SMILES string of the molecule is C[Si](C)(C)OC1=CC([Si](c2ccccc2)(c2ccccc2)N2CCCN3CCCN=C32)C=C1.C[Si](C)(C)OC1CCC([Si](c2ccccc2)(c2ccccc2)N2CCCN3CCCN=C32)C1.F.[3HH].[3HH].[3HH].[3HH].[CH3-].[CH3-].[Cl][Cr][Cl].[F][Cr]([F])([F])([Cl])([Cl])[Cl].[Li+]. The average molecular weight is 1360 g/mol. The van der Waals surface area contributed by atoms with E-state index < -0.39 is 42.7 Å². The fraction of sp³-hybridized carbons (Fsp3) is 0.429. The minimum atomic E-state index is -8.04. The molecule has 8 nitrogen and oxygen atoms in total. The van der Waals surface area contributed by atoms with Crippen molar-refractivity contribution in [1.29, 1.82) is 0 Å². The van der Waals surface area contributed by atoms with Crippen molar-refractivity contribution >= 4 is 116 Å². The molecule has 448 valence electrons. The van der Waals surface area contributed by atoms with Crippen LogP contribution in [0.25, 0.3) is 0 Å². The molecule has 0 N–H and O–H groups in total. The number of nitrogens with zero attached hydrogens (tertiary/aromatic N) is 6. The van der Waals surface area contributed by atoms with Crippen molar-refractivity contribution in [2.45, 2.75) is 101 Å². The van der Waals surface area contributed by atoms with E-state index in [0.717, 1.165) is 64.5 Å². The number of allylic oxidation sites excluding steroid dienone is 3. The first-order chi connectivity index (χ1) is 35.8. The second kappa shape index (κ2) is 30.1. The van der Waals surface area contributed by atoms with Crippen LogP contribution >= 0.6 is 50.2 Å². The zero-order valence-electron chi connectivity index (χ0n) is 47.9. The van der Waals surface area contributed by atoms with E-state index in [9.17, 15) is 10.6 Å². The third-order valence-electron chi connectivity index (χ3n) is 14.3. The molecule has 4 aromatic rings. The number of rotatable bonds is 12. The number of halogens is 9. The van der Waals surface area contributed by atoms with Crippen molar-refractivity contribution in [1.82, 2.24) is 18.9 Å². The molecular weight excluding hydrogens is 1270 g/mol. The Kier molecular flexibility index (Phi) is 27.3. The van der Waals surface area contributed by atoms with Gasteiger partial charge in [0.15, 0.2) is 20.2 Å². The second-order valence-corrected chi connectivity index (χ2v) is 53.8. The Morgan fingerprint density at radius 2 is 0.938 bits per heavy atom. The Labute approximate surface area is 525 Å². The molecule has 4 aromatic carbocycles. The number of hydrogen-bond donors (Lipinski definition) is 0. The number of aliphatic imine (C=N–C) groups is 2. The molecule has 3 unspecified atom stereocenters. The van der Waals surface area contributed by atoms with Crippen LogP contribution in [-0.2, 0) is 31.8 Å². The number of hydrogen-bond acceptors (Lipinski definition) is 8. The van der Waals surface area contributed by atoms with Crippen molar-refractivity contribution < 1.29 is 71.6 Å². The van der Waals surface area contributed by atoms with Crippen molar-refractivity contribution in [3.8, 4) is 0 Å². The van der Waals surface area contributed by atoms with Crippen LogP contribution in [0, 0.1) is 14.9 Å². The third kappa shape index (κ3) is 19.7. The van der Waals surface area contributed by atoms with Gasteiger partial charge in [0.2, 0.25) is 24.8 Å². The van der Waals surface area contributed by atoms with Crippen molar-refractivity contribution in [3.63, 3.8) is 0 Å². The topological polar surface area (TPSA) is 56.1 Å². The fourth-order valence-corrected chi connectivity index (χ4v) is 25.3. The summed E-state index contributed by atoms with van der Waals surface area (Å²) in [5.74, 6) is 3.54. The minimum Gasteiger partial charge on any atom is 1.00 e. The number of fused-ring (bicyclic) bond motifs is 2. The molecule has 2 aliphatic carbocycles. The van der Waals surface area contributed by atoms with Crippen LogP contribution in [0.4, 0.5) is 15.3 Å². The van der Waals surface area contributed by atoms with Gasteiger partial charge in [-0.05, 0) is 123 Å². The molecule has 4 heterocycles. The Balaban J connectivity index is 0. The third-order valence-corrected chi connectivity index (χ3v) is 26.6. The molecule has 24 heteroatoms. The summed E-state index contributed by atoms with van der Waals surface area (Å²) in [6.07, 6.45) is 15.8. The van der Waals surface area contributed by atoms with Crippen LogP contribution in [0.5, 0.6) is 0 Å². The maximum atomic E-state index is 11.2. The molecule has 80 heavy (non-hydrogen) atoms. The van der Waals surface area contributed by atoms with E-state index in [1.165, 1.54) is 71.2 Å². The predicted octanol–water partition coefficient (Wildman–Crippen LogP) is 12.2.